The Kier molecular flexibility index (Phi) is 5.69. The summed E-state index contributed by atoms with van der Waals surface area (Å²) in [4.78, 5) is 24.1. The van der Waals surface area contributed by atoms with Gasteiger partial charge in [-0.15, -0.1) is 0 Å². The Bertz CT molecular complexity index is 837. The molecule has 0 aliphatic heterocycles. The van der Waals surface area contributed by atoms with Gasteiger partial charge in [0.1, 0.15) is 0 Å². The maximum absolute atomic E-state index is 12.2. The quantitative estimate of drug-likeness (QED) is 0.653. The van der Waals surface area contributed by atoms with Crippen molar-refractivity contribution < 1.29 is 9.59 Å². The summed E-state index contributed by atoms with van der Waals surface area (Å²) in [6, 6.07) is 11.5. The molecule has 1 atom stereocenters. The zero-order chi connectivity index (χ0) is 18.7. The lowest BCUT2D eigenvalue weighted by molar-refractivity contribution is -0.117. The van der Waals surface area contributed by atoms with Gasteiger partial charge < -0.3 is 16.0 Å². The molecule has 1 saturated carbocycles. The van der Waals surface area contributed by atoms with Crippen LogP contribution >= 0.6 is 23.2 Å². The monoisotopic (exact) mass is 391 g/mol. The molecule has 26 heavy (non-hydrogen) atoms. The molecule has 2 aromatic rings. The number of urea groups is 1. The normalized spacial score (nSPS) is 14.4. The molecule has 0 aromatic heterocycles. The minimum atomic E-state index is -0.366. The SMILES string of the molecule is CC(NC(=O)Nc1cccc(NC(=O)C2CC2)c1)c1ccc(Cl)cc1Cl. The molecule has 0 radical (unpaired) electrons. The smallest absolute Gasteiger partial charge is 0.319 e. The van der Waals surface area contributed by atoms with Crippen molar-refractivity contribution in [2.45, 2.75) is 25.8 Å². The van der Waals surface area contributed by atoms with E-state index in [-0.39, 0.29) is 23.9 Å². The van der Waals surface area contributed by atoms with Crippen LogP contribution in [0.2, 0.25) is 10.0 Å². The maximum Gasteiger partial charge on any atom is 0.319 e. The molecular weight excluding hydrogens is 373 g/mol. The van der Waals surface area contributed by atoms with Crippen LogP contribution in [0.25, 0.3) is 0 Å². The van der Waals surface area contributed by atoms with Gasteiger partial charge in [-0.1, -0.05) is 35.3 Å². The second kappa shape index (κ2) is 7.98. The van der Waals surface area contributed by atoms with Gasteiger partial charge in [0, 0.05) is 27.3 Å². The van der Waals surface area contributed by atoms with Gasteiger partial charge >= 0.3 is 6.03 Å². The molecule has 0 spiro atoms. The second-order valence-electron chi connectivity index (χ2n) is 6.33. The minimum absolute atomic E-state index is 0.0256. The van der Waals surface area contributed by atoms with Crippen molar-refractivity contribution >= 4 is 46.5 Å². The van der Waals surface area contributed by atoms with Crippen LogP contribution in [0, 0.1) is 5.92 Å². The lowest BCUT2D eigenvalue weighted by Gasteiger charge is -2.17. The molecule has 0 heterocycles. The average Bonchev–Trinajstić information content (AvgIpc) is 3.39. The highest BCUT2D eigenvalue weighted by Crippen LogP contribution is 2.30. The molecule has 3 amide bonds. The second-order valence-corrected chi connectivity index (χ2v) is 7.17. The third-order valence-corrected chi connectivity index (χ3v) is 4.68. The van der Waals surface area contributed by atoms with Crippen LogP contribution in [0.15, 0.2) is 42.5 Å². The molecule has 7 heteroatoms. The number of amides is 3. The molecule has 1 fully saturated rings. The topological polar surface area (TPSA) is 70.2 Å². The van der Waals surface area contributed by atoms with Crippen LogP contribution in [-0.4, -0.2) is 11.9 Å². The third-order valence-electron chi connectivity index (χ3n) is 4.11. The van der Waals surface area contributed by atoms with Crippen LogP contribution in [-0.2, 0) is 4.79 Å². The van der Waals surface area contributed by atoms with E-state index in [4.69, 9.17) is 23.2 Å². The summed E-state index contributed by atoms with van der Waals surface area (Å²) in [6.45, 7) is 1.83. The van der Waals surface area contributed by atoms with E-state index in [9.17, 15) is 9.59 Å². The van der Waals surface area contributed by atoms with E-state index in [1.165, 1.54) is 0 Å². The molecule has 5 nitrogen and oxygen atoms in total. The fourth-order valence-corrected chi connectivity index (χ4v) is 3.13. The van der Waals surface area contributed by atoms with Gasteiger partial charge in [-0.25, -0.2) is 4.79 Å². The summed E-state index contributed by atoms with van der Waals surface area (Å²) in [6.07, 6.45) is 1.88. The standard InChI is InChI=1S/C19H19Cl2N3O2/c1-11(16-8-7-13(20)9-17(16)21)22-19(26)24-15-4-2-3-14(10-15)23-18(25)12-5-6-12/h2-4,7-12H,5-6H2,1H3,(H,23,25)(H2,22,24,26). The number of carbonyl (C=O) groups is 2. The Morgan fingerprint density at radius 1 is 1.04 bits per heavy atom. The molecule has 0 saturated heterocycles. The number of rotatable bonds is 5. The molecule has 1 unspecified atom stereocenters. The van der Waals surface area contributed by atoms with Crippen LogP contribution < -0.4 is 16.0 Å². The first-order valence-electron chi connectivity index (χ1n) is 8.36. The lowest BCUT2D eigenvalue weighted by atomic mass is 10.1. The number of nitrogens with one attached hydrogen (secondary N) is 3. The van der Waals surface area contributed by atoms with Gasteiger partial charge in [-0.3, -0.25) is 4.79 Å². The van der Waals surface area contributed by atoms with E-state index in [2.05, 4.69) is 16.0 Å². The van der Waals surface area contributed by atoms with Crippen molar-refractivity contribution in [1.82, 2.24) is 5.32 Å². The average molecular weight is 392 g/mol. The largest absolute Gasteiger partial charge is 0.331 e. The summed E-state index contributed by atoms with van der Waals surface area (Å²) >= 11 is 12.1. The Morgan fingerprint density at radius 2 is 1.73 bits per heavy atom. The Morgan fingerprint density at radius 3 is 2.38 bits per heavy atom. The molecule has 136 valence electrons. The highest BCUT2D eigenvalue weighted by atomic mass is 35.5. The molecule has 1 aliphatic rings. The predicted octanol–water partition coefficient (Wildman–Crippen LogP) is 5.22. The van der Waals surface area contributed by atoms with Crippen molar-refractivity contribution in [1.29, 1.82) is 0 Å². The zero-order valence-corrected chi connectivity index (χ0v) is 15.7. The molecular formula is C19H19Cl2N3O2. The Balaban J connectivity index is 1.59. The van der Waals surface area contributed by atoms with Crippen molar-refractivity contribution in [3.05, 3.63) is 58.1 Å². The first-order valence-corrected chi connectivity index (χ1v) is 9.11. The zero-order valence-electron chi connectivity index (χ0n) is 14.2. The van der Waals surface area contributed by atoms with Crippen molar-refractivity contribution in [2.24, 2.45) is 5.92 Å². The van der Waals surface area contributed by atoms with E-state index in [1.54, 1.807) is 42.5 Å². The number of carbonyl (C=O) groups excluding carboxylic acids is 2. The maximum atomic E-state index is 12.2. The first-order chi connectivity index (χ1) is 12.4. The van der Waals surface area contributed by atoms with Gasteiger partial charge in [0.05, 0.1) is 6.04 Å². The van der Waals surface area contributed by atoms with Gasteiger partial charge in [0.2, 0.25) is 5.91 Å². The summed E-state index contributed by atoms with van der Waals surface area (Å²) in [5, 5.41) is 9.48. The van der Waals surface area contributed by atoms with Crippen LogP contribution in [0.5, 0.6) is 0 Å². The molecule has 1 aliphatic carbocycles. The molecule has 0 bridgehead atoms. The third kappa shape index (κ3) is 4.90. The van der Waals surface area contributed by atoms with Crippen molar-refractivity contribution in [3.8, 4) is 0 Å². The summed E-state index contributed by atoms with van der Waals surface area (Å²) in [5.74, 6) is 0.150. The Labute approximate surface area is 162 Å². The van der Waals surface area contributed by atoms with E-state index in [1.807, 2.05) is 6.92 Å². The Hall–Kier alpha value is -2.24. The number of hydrogen-bond donors (Lipinski definition) is 3. The van der Waals surface area contributed by atoms with Gasteiger partial charge in [-0.2, -0.15) is 0 Å². The van der Waals surface area contributed by atoms with Crippen molar-refractivity contribution in [3.63, 3.8) is 0 Å². The van der Waals surface area contributed by atoms with Gasteiger partial charge in [0.25, 0.3) is 0 Å². The minimum Gasteiger partial charge on any atom is -0.331 e. The summed E-state index contributed by atoms with van der Waals surface area (Å²) in [5.41, 5.74) is 2.02. The van der Waals surface area contributed by atoms with E-state index in [0.717, 1.165) is 18.4 Å². The number of anilines is 2. The van der Waals surface area contributed by atoms with E-state index < -0.39 is 0 Å². The lowest BCUT2D eigenvalue weighted by Crippen LogP contribution is -2.31. The summed E-state index contributed by atoms with van der Waals surface area (Å²) in [7, 11) is 0. The molecule has 3 N–H and O–H groups in total. The van der Waals surface area contributed by atoms with Crippen molar-refractivity contribution in [2.75, 3.05) is 10.6 Å². The van der Waals surface area contributed by atoms with E-state index >= 15 is 0 Å². The number of benzene rings is 2. The van der Waals surface area contributed by atoms with E-state index in [0.29, 0.717) is 21.4 Å². The molecule has 3 rings (SSSR count). The highest BCUT2D eigenvalue weighted by molar-refractivity contribution is 6.35. The summed E-state index contributed by atoms with van der Waals surface area (Å²) < 4.78 is 0. The van der Waals surface area contributed by atoms with Crippen LogP contribution in [0.4, 0.5) is 16.2 Å². The van der Waals surface area contributed by atoms with Gasteiger partial charge in [-0.05, 0) is 55.7 Å². The van der Waals surface area contributed by atoms with Crippen LogP contribution in [0.3, 0.4) is 0 Å². The number of hydrogen-bond acceptors (Lipinski definition) is 2. The fourth-order valence-electron chi connectivity index (χ4n) is 2.56. The predicted molar refractivity (Wildman–Crippen MR) is 105 cm³/mol. The van der Waals surface area contributed by atoms with Crippen LogP contribution in [0.1, 0.15) is 31.4 Å². The first kappa shape index (κ1) is 18.5. The number of halogens is 2. The van der Waals surface area contributed by atoms with Gasteiger partial charge in [0.15, 0.2) is 0 Å². The fraction of sp³-hybridized carbons (Fsp3) is 0.263. The molecule has 2 aromatic carbocycles. The highest BCUT2D eigenvalue weighted by Gasteiger charge is 2.29.